The van der Waals surface area contributed by atoms with Gasteiger partial charge in [0.05, 0.1) is 11.1 Å². The summed E-state index contributed by atoms with van der Waals surface area (Å²) in [6.07, 6.45) is 7.02. The first-order valence-electron chi connectivity index (χ1n) is 10.3. The van der Waals surface area contributed by atoms with E-state index in [1.54, 1.807) is 0 Å². The molecule has 0 unspecified atom stereocenters. The minimum atomic E-state index is 0.0286. The molecule has 1 aromatic carbocycles. The molecule has 0 atom stereocenters. The predicted molar refractivity (Wildman–Crippen MR) is 112 cm³/mol. The third-order valence-electron chi connectivity index (χ3n) is 5.48. The molecule has 2 fully saturated rings. The zero-order valence-electron chi connectivity index (χ0n) is 16.4. The average Bonchev–Trinajstić information content (AvgIpc) is 2.73. The fraction of sp³-hybridized carbons (Fsp3) is 0.619. The van der Waals surface area contributed by atoms with Crippen molar-refractivity contribution in [2.75, 3.05) is 32.8 Å². The van der Waals surface area contributed by atoms with E-state index in [4.69, 9.17) is 4.74 Å². The molecule has 1 aliphatic heterocycles. The molecule has 1 aliphatic carbocycles. The highest BCUT2D eigenvalue weighted by molar-refractivity contribution is 9.10. The van der Waals surface area contributed by atoms with Crippen molar-refractivity contribution >= 4 is 27.9 Å². The Bertz CT molecular complexity index is 656. The number of nitrogens with zero attached hydrogens (tertiary/aromatic N) is 2. The Kier molecular flexibility index (Phi) is 8.01. The molecule has 0 radical (unpaired) electrons. The van der Waals surface area contributed by atoms with Gasteiger partial charge < -0.3 is 19.9 Å². The topological polar surface area (TPSA) is 61.9 Å². The second-order valence-electron chi connectivity index (χ2n) is 7.53. The molecule has 2 aliphatic rings. The number of ether oxygens (including phenoxy) is 1. The highest BCUT2D eigenvalue weighted by atomic mass is 79.9. The minimum absolute atomic E-state index is 0.0286. The van der Waals surface area contributed by atoms with Crippen LogP contribution >= 0.6 is 15.9 Å². The Labute approximate surface area is 175 Å². The Balaban J connectivity index is 1.32. The van der Waals surface area contributed by atoms with E-state index < -0.39 is 0 Å². The molecule has 0 spiro atoms. The number of hydrogen-bond acceptors (Lipinski definition) is 3. The van der Waals surface area contributed by atoms with Gasteiger partial charge in [0.25, 0.3) is 0 Å². The summed E-state index contributed by atoms with van der Waals surface area (Å²) in [7, 11) is 0. The van der Waals surface area contributed by atoms with Gasteiger partial charge in [-0.3, -0.25) is 4.79 Å². The Morgan fingerprint density at radius 2 is 1.71 bits per heavy atom. The van der Waals surface area contributed by atoms with Crippen LogP contribution in [0.15, 0.2) is 28.7 Å². The molecule has 7 heteroatoms. The fourth-order valence-electron chi connectivity index (χ4n) is 3.80. The van der Waals surface area contributed by atoms with Gasteiger partial charge in [0, 0.05) is 38.6 Å². The summed E-state index contributed by atoms with van der Waals surface area (Å²) in [6, 6.07) is 8.06. The molecule has 3 rings (SSSR count). The van der Waals surface area contributed by atoms with Crippen molar-refractivity contribution in [1.29, 1.82) is 0 Å². The second kappa shape index (κ2) is 10.7. The number of para-hydroxylation sites is 1. The smallest absolute Gasteiger partial charge is 0.317 e. The van der Waals surface area contributed by atoms with Crippen LogP contribution in [0.1, 0.15) is 44.9 Å². The standard InChI is InChI=1S/C21H30BrN3O3/c22-18-9-4-5-10-19(18)28-16-6-11-20(26)24-12-14-25(15-13-24)21(27)23-17-7-2-1-3-8-17/h4-5,9-10,17H,1-3,6-8,11-16H2,(H,23,27). The number of benzene rings is 1. The Hall–Kier alpha value is -1.76. The van der Waals surface area contributed by atoms with E-state index in [2.05, 4.69) is 21.2 Å². The maximum atomic E-state index is 12.4. The lowest BCUT2D eigenvalue weighted by molar-refractivity contribution is -0.132. The number of rotatable bonds is 6. The Morgan fingerprint density at radius 1 is 1.04 bits per heavy atom. The van der Waals surface area contributed by atoms with Crippen LogP contribution in [0.5, 0.6) is 5.75 Å². The van der Waals surface area contributed by atoms with Gasteiger partial charge in [0.1, 0.15) is 5.75 Å². The van der Waals surface area contributed by atoms with E-state index in [9.17, 15) is 9.59 Å². The third kappa shape index (κ3) is 6.12. The van der Waals surface area contributed by atoms with Crippen molar-refractivity contribution in [3.8, 4) is 5.75 Å². The summed E-state index contributed by atoms with van der Waals surface area (Å²) in [5, 5.41) is 3.16. The summed E-state index contributed by atoms with van der Waals surface area (Å²) >= 11 is 3.45. The number of nitrogens with one attached hydrogen (secondary N) is 1. The fourth-order valence-corrected chi connectivity index (χ4v) is 4.20. The molecule has 28 heavy (non-hydrogen) atoms. The molecule has 6 nitrogen and oxygen atoms in total. The molecule has 1 aromatic rings. The summed E-state index contributed by atoms with van der Waals surface area (Å²) in [6.45, 7) is 2.96. The van der Waals surface area contributed by atoms with Crippen LogP contribution in [-0.2, 0) is 4.79 Å². The molecule has 1 N–H and O–H groups in total. The summed E-state index contributed by atoms with van der Waals surface area (Å²) in [5.41, 5.74) is 0. The summed E-state index contributed by atoms with van der Waals surface area (Å²) in [5.74, 6) is 0.940. The van der Waals surface area contributed by atoms with Crippen LogP contribution in [0, 0.1) is 0 Å². The predicted octanol–water partition coefficient (Wildman–Crippen LogP) is 3.79. The number of amides is 3. The Morgan fingerprint density at radius 3 is 2.43 bits per heavy atom. The number of carbonyl (C=O) groups excluding carboxylic acids is 2. The summed E-state index contributed by atoms with van der Waals surface area (Å²) in [4.78, 5) is 28.5. The second-order valence-corrected chi connectivity index (χ2v) is 8.39. The van der Waals surface area contributed by atoms with Gasteiger partial charge in [-0.25, -0.2) is 4.79 Å². The first kappa shape index (κ1) is 21.0. The van der Waals surface area contributed by atoms with Gasteiger partial charge in [0.2, 0.25) is 5.91 Å². The minimum Gasteiger partial charge on any atom is -0.492 e. The zero-order valence-corrected chi connectivity index (χ0v) is 18.0. The molecule has 1 heterocycles. The molecular formula is C21H30BrN3O3. The van der Waals surface area contributed by atoms with E-state index in [1.807, 2.05) is 34.1 Å². The summed E-state index contributed by atoms with van der Waals surface area (Å²) < 4.78 is 6.64. The normalized spacial score (nSPS) is 18.0. The van der Waals surface area contributed by atoms with Crippen LogP contribution in [-0.4, -0.2) is 60.6 Å². The molecule has 1 saturated carbocycles. The molecule has 154 valence electrons. The quantitative estimate of drug-likeness (QED) is 0.669. The van der Waals surface area contributed by atoms with E-state index in [0.29, 0.717) is 51.7 Å². The maximum absolute atomic E-state index is 12.4. The van der Waals surface area contributed by atoms with Gasteiger partial charge >= 0.3 is 6.03 Å². The highest BCUT2D eigenvalue weighted by Gasteiger charge is 2.25. The molecule has 3 amide bonds. The molecular weight excluding hydrogens is 422 g/mol. The average molecular weight is 452 g/mol. The van der Waals surface area contributed by atoms with E-state index >= 15 is 0 Å². The van der Waals surface area contributed by atoms with E-state index in [0.717, 1.165) is 23.1 Å². The number of urea groups is 1. The van der Waals surface area contributed by atoms with Crippen LogP contribution in [0.25, 0.3) is 0 Å². The van der Waals surface area contributed by atoms with Crippen LogP contribution < -0.4 is 10.1 Å². The van der Waals surface area contributed by atoms with Crippen molar-refractivity contribution < 1.29 is 14.3 Å². The van der Waals surface area contributed by atoms with Crippen molar-refractivity contribution in [1.82, 2.24) is 15.1 Å². The van der Waals surface area contributed by atoms with Gasteiger partial charge in [-0.15, -0.1) is 0 Å². The first-order chi connectivity index (χ1) is 13.6. The van der Waals surface area contributed by atoms with Gasteiger partial charge in [0.15, 0.2) is 0 Å². The van der Waals surface area contributed by atoms with Gasteiger partial charge in [-0.1, -0.05) is 31.4 Å². The van der Waals surface area contributed by atoms with E-state index in [1.165, 1.54) is 19.3 Å². The molecule has 0 aromatic heterocycles. The number of hydrogen-bond donors (Lipinski definition) is 1. The van der Waals surface area contributed by atoms with Crippen LogP contribution in [0.2, 0.25) is 0 Å². The number of carbonyl (C=O) groups is 2. The zero-order chi connectivity index (χ0) is 19.8. The first-order valence-corrected chi connectivity index (χ1v) is 11.1. The van der Waals surface area contributed by atoms with Crippen LogP contribution in [0.4, 0.5) is 4.79 Å². The van der Waals surface area contributed by atoms with Crippen molar-refractivity contribution in [3.63, 3.8) is 0 Å². The lowest BCUT2D eigenvalue weighted by Gasteiger charge is -2.36. The SMILES string of the molecule is O=C(CCCOc1ccccc1Br)N1CCN(C(=O)NC2CCCCC2)CC1. The maximum Gasteiger partial charge on any atom is 0.317 e. The molecule has 0 bridgehead atoms. The van der Waals surface area contributed by atoms with Crippen molar-refractivity contribution in [2.24, 2.45) is 0 Å². The monoisotopic (exact) mass is 451 g/mol. The third-order valence-corrected chi connectivity index (χ3v) is 6.14. The number of halogens is 1. The van der Waals surface area contributed by atoms with E-state index in [-0.39, 0.29) is 11.9 Å². The van der Waals surface area contributed by atoms with Crippen molar-refractivity contribution in [2.45, 2.75) is 51.0 Å². The van der Waals surface area contributed by atoms with Gasteiger partial charge in [-0.2, -0.15) is 0 Å². The molecule has 1 saturated heterocycles. The van der Waals surface area contributed by atoms with Gasteiger partial charge in [-0.05, 0) is 47.3 Å². The number of piperazine rings is 1. The van der Waals surface area contributed by atoms with Crippen molar-refractivity contribution in [3.05, 3.63) is 28.7 Å². The lowest BCUT2D eigenvalue weighted by atomic mass is 9.96. The largest absolute Gasteiger partial charge is 0.492 e. The van der Waals surface area contributed by atoms with Crippen LogP contribution in [0.3, 0.4) is 0 Å². The lowest BCUT2D eigenvalue weighted by Crippen LogP contribution is -2.54. The highest BCUT2D eigenvalue weighted by Crippen LogP contribution is 2.24.